The van der Waals surface area contributed by atoms with Crippen molar-refractivity contribution in [3.63, 3.8) is 0 Å². The molecule has 1 fully saturated rings. The Morgan fingerprint density at radius 1 is 1.03 bits per heavy atom. The molecule has 3 aliphatic rings. The second kappa shape index (κ2) is 10.8. The smallest absolute Gasteiger partial charge is 0.314 e. The van der Waals surface area contributed by atoms with E-state index >= 15 is 0 Å². The Balaban J connectivity index is 1.36. The highest BCUT2D eigenvalue weighted by Crippen LogP contribution is 2.44. The van der Waals surface area contributed by atoms with Gasteiger partial charge in [0.05, 0.1) is 5.69 Å². The van der Waals surface area contributed by atoms with E-state index in [0.29, 0.717) is 38.5 Å². The predicted molar refractivity (Wildman–Crippen MR) is 148 cm³/mol. The fraction of sp³-hybridized carbons (Fsp3) is 0.444. The molecule has 3 amide bonds. The number of pyridine rings is 1. The van der Waals surface area contributed by atoms with Gasteiger partial charge in [-0.3, -0.25) is 9.78 Å². The molecule has 6 nitrogen and oxygen atoms in total. The molecular formula is C27H29Br2ClN4O2. The van der Waals surface area contributed by atoms with E-state index in [2.05, 4.69) is 50.1 Å². The molecule has 2 aliphatic heterocycles. The van der Waals surface area contributed by atoms with Gasteiger partial charge in [0, 0.05) is 58.7 Å². The van der Waals surface area contributed by atoms with Gasteiger partial charge in [0.2, 0.25) is 5.91 Å². The van der Waals surface area contributed by atoms with Crippen molar-refractivity contribution in [1.29, 1.82) is 0 Å². The molecule has 0 bridgehead atoms. The Labute approximate surface area is 233 Å². The van der Waals surface area contributed by atoms with Crippen LogP contribution in [0.4, 0.5) is 4.79 Å². The van der Waals surface area contributed by atoms with Gasteiger partial charge >= 0.3 is 6.03 Å². The van der Waals surface area contributed by atoms with Crippen LogP contribution in [0.3, 0.4) is 0 Å². The van der Waals surface area contributed by atoms with Crippen LogP contribution in [0.5, 0.6) is 0 Å². The number of fused-ring (bicyclic) bond motifs is 2. The highest BCUT2D eigenvalue weighted by Gasteiger charge is 2.33. The zero-order valence-corrected chi connectivity index (χ0v) is 23.9. The van der Waals surface area contributed by atoms with Gasteiger partial charge < -0.3 is 15.5 Å². The lowest BCUT2D eigenvalue weighted by Gasteiger charge is -2.34. The molecule has 9 heteroatoms. The van der Waals surface area contributed by atoms with E-state index in [4.69, 9.17) is 22.3 Å². The molecule has 3 heterocycles. The lowest BCUT2D eigenvalue weighted by atomic mass is 9.82. The molecule has 1 aromatic carbocycles. The van der Waals surface area contributed by atoms with Crippen molar-refractivity contribution >= 4 is 55.4 Å². The van der Waals surface area contributed by atoms with Crippen molar-refractivity contribution in [3.05, 3.63) is 72.4 Å². The van der Waals surface area contributed by atoms with Crippen molar-refractivity contribution in [1.82, 2.24) is 14.8 Å². The molecule has 36 heavy (non-hydrogen) atoms. The van der Waals surface area contributed by atoms with Crippen LogP contribution in [0, 0.1) is 5.92 Å². The maximum absolute atomic E-state index is 13.1. The van der Waals surface area contributed by atoms with Crippen LogP contribution in [0.15, 0.2) is 45.0 Å². The number of amides is 3. The summed E-state index contributed by atoms with van der Waals surface area (Å²) in [6.07, 6.45) is 8.92. The van der Waals surface area contributed by atoms with Crippen LogP contribution in [0.2, 0.25) is 5.02 Å². The number of carbonyl (C=O) groups is 2. The van der Waals surface area contributed by atoms with Gasteiger partial charge in [-0.2, -0.15) is 0 Å². The van der Waals surface area contributed by atoms with E-state index in [1.165, 1.54) is 22.3 Å². The van der Waals surface area contributed by atoms with E-state index in [0.717, 1.165) is 51.8 Å². The van der Waals surface area contributed by atoms with E-state index < -0.39 is 0 Å². The van der Waals surface area contributed by atoms with Crippen molar-refractivity contribution in [2.24, 2.45) is 11.7 Å². The molecule has 1 saturated heterocycles. The number of benzene rings is 1. The number of nitrogens with two attached hydrogens (primary N) is 1. The Hall–Kier alpha value is -1.90. The van der Waals surface area contributed by atoms with Crippen molar-refractivity contribution in [2.75, 3.05) is 26.2 Å². The summed E-state index contributed by atoms with van der Waals surface area (Å²) in [6.45, 7) is 2.59. The van der Waals surface area contributed by atoms with E-state index in [1.807, 2.05) is 17.2 Å². The maximum Gasteiger partial charge on any atom is 0.314 e. The molecule has 1 aromatic heterocycles. The average molecular weight is 637 g/mol. The van der Waals surface area contributed by atoms with E-state index in [1.54, 1.807) is 4.90 Å². The van der Waals surface area contributed by atoms with Crippen LogP contribution in [-0.4, -0.2) is 52.9 Å². The average Bonchev–Trinajstić information content (AvgIpc) is 3.01. The number of aromatic nitrogens is 1. The highest BCUT2D eigenvalue weighted by atomic mass is 79.9. The van der Waals surface area contributed by atoms with Crippen LogP contribution in [0.25, 0.3) is 0 Å². The number of carbonyl (C=O) groups excluding carboxylic acids is 2. The normalized spacial score (nSPS) is 20.3. The molecule has 5 rings (SSSR count). The SMILES string of the molecule is NC(=O)N1CCC(CC(=O)N2CC=C([C@H]3c4ncc(Br)cc4CCc4cc(Cl)cc(Br)c43)CC2)CC1. The molecule has 1 atom stereocenters. The first-order valence-electron chi connectivity index (χ1n) is 12.4. The Morgan fingerprint density at radius 3 is 2.47 bits per heavy atom. The van der Waals surface area contributed by atoms with Crippen molar-refractivity contribution in [3.8, 4) is 0 Å². The van der Waals surface area contributed by atoms with Gasteiger partial charge in [0.25, 0.3) is 0 Å². The number of piperidine rings is 1. The minimum absolute atomic E-state index is 0.0348. The summed E-state index contributed by atoms with van der Waals surface area (Å²) in [7, 11) is 0. The molecule has 2 aromatic rings. The Kier molecular flexibility index (Phi) is 7.75. The van der Waals surface area contributed by atoms with Gasteiger partial charge in [0.1, 0.15) is 0 Å². The highest BCUT2D eigenvalue weighted by molar-refractivity contribution is 9.10. The number of halogens is 3. The number of primary amides is 1. The first kappa shape index (κ1) is 25.7. The number of hydrogen-bond acceptors (Lipinski definition) is 3. The van der Waals surface area contributed by atoms with Crippen LogP contribution >= 0.6 is 43.5 Å². The minimum atomic E-state index is -0.370. The quantitative estimate of drug-likeness (QED) is 0.431. The standard InChI is InChI=1S/C27H29Br2ClN4O2/c28-20-12-19-2-1-18-13-21(30)14-22(29)24(18)25(26(19)32-15-20)17-5-9-33(10-6-17)23(35)11-16-3-7-34(8-4-16)27(31)36/h5,12-16,25H,1-4,6-11H2,(H2,31,36)/t25-/m1/s1. The van der Waals surface area contributed by atoms with Crippen molar-refractivity contribution in [2.45, 2.75) is 44.4 Å². The minimum Gasteiger partial charge on any atom is -0.351 e. The zero-order valence-electron chi connectivity index (χ0n) is 20.0. The third-order valence-corrected chi connectivity index (χ3v) is 9.04. The summed E-state index contributed by atoms with van der Waals surface area (Å²) in [4.78, 5) is 33.0. The van der Waals surface area contributed by atoms with E-state index in [-0.39, 0.29) is 17.9 Å². The number of hydrogen-bond donors (Lipinski definition) is 1. The lowest BCUT2D eigenvalue weighted by molar-refractivity contribution is -0.132. The second-order valence-electron chi connectivity index (χ2n) is 9.93. The number of aryl methyl sites for hydroxylation is 2. The summed E-state index contributed by atoms with van der Waals surface area (Å²) < 4.78 is 1.99. The molecule has 2 N–H and O–H groups in total. The van der Waals surface area contributed by atoms with Crippen LogP contribution < -0.4 is 5.73 Å². The Morgan fingerprint density at radius 2 is 1.78 bits per heavy atom. The van der Waals surface area contributed by atoms with Crippen molar-refractivity contribution < 1.29 is 9.59 Å². The number of rotatable bonds is 3. The lowest BCUT2D eigenvalue weighted by Crippen LogP contribution is -2.43. The summed E-state index contributed by atoms with van der Waals surface area (Å²) >= 11 is 13.8. The van der Waals surface area contributed by atoms with E-state index in [9.17, 15) is 9.59 Å². The molecule has 0 saturated carbocycles. The molecule has 190 valence electrons. The molecule has 1 aliphatic carbocycles. The summed E-state index contributed by atoms with van der Waals surface area (Å²) in [5, 5.41) is 0.732. The first-order chi connectivity index (χ1) is 17.3. The van der Waals surface area contributed by atoms with Gasteiger partial charge in [0.15, 0.2) is 0 Å². The topological polar surface area (TPSA) is 79.5 Å². The Bertz CT molecular complexity index is 1230. The number of nitrogens with zero attached hydrogens (tertiary/aromatic N) is 3. The van der Waals surface area contributed by atoms with Gasteiger partial charge in [-0.15, -0.1) is 0 Å². The monoisotopic (exact) mass is 634 g/mol. The predicted octanol–water partition coefficient (Wildman–Crippen LogP) is 5.83. The molecule has 0 spiro atoms. The zero-order chi connectivity index (χ0) is 25.4. The molecule has 0 unspecified atom stereocenters. The summed E-state index contributed by atoms with van der Waals surface area (Å²) in [5.41, 5.74) is 11.5. The van der Waals surface area contributed by atoms with Gasteiger partial charge in [-0.1, -0.05) is 39.2 Å². The fourth-order valence-electron chi connectivity index (χ4n) is 5.79. The second-order valence-corrected chi connectivity index (χ2v) is 12.1. The third-order valence-electron chi connectivity index (χ3n) is 7.73. The van der Waals surface area contributed by atoms with Crippen LogP contribution in [-0.2, 0) is 17.6 Å². The van der Waals surface area contributed by atoms with Gasteiger partial charge in [-0.05, 0) is 88.8 Å². The largest absolute Gasteiger partial charge is 0.351 e. The molecule has 0 radical (unpaired) electrons. The number of likely N-dealkylation sites (tertiary alicyclic amines) is 1. The maximum atomic E-state index is 13.1. The summed E-state index contributed by atoms with van der Waals surface area (Å²) in [6, 6.07) is 5.86. The number of urea groups is 1. The van der Waals surface area contributed by atoms with Gasteiger partial charge in [-0.25, -0.2) is 4.79 Å². The third kappa shape index (κ3) is 5.36. The first-order valence-corrected chi connectivity index (χ1v) is 14.4. The summed E-state index contributed by atoms with van der Waals surface area (Å²) in [5.74, 6) is 0.537. The van der Waals surface area contributed by atoms with Crippen LogP contribution in [0.1, 0.15) is 54.0 Å². The fourth-order valence-corrected chi connectivity index (χ4v) is 7.28. The molecular weight excluding hydrogens is 608 g/mol.